The Morgan fingerprint density at radius 1 is 1.22 bits per heavy atom. The van der Waals surface area contributed by atoms with Crippen LogP contribution in [0.4, 0.5) is 0 Å². The van der Waals surface area contributed by atoms with Crippen LogP contribution in [0.3, 0.4) is 0 Å². The predicted molar refractivity (Wildman–Crippen MR) is 72.8 cm³/mol. The van der Waals surface area contributed by atoms with E-state index >= 15 is 0 Å². The normalized spacial score (nSPS) is 10.3. The van der Waals surface area contributed by atoms with Crippen LogP contribution in [0.15, 0.2) is 23.3 Å². The molecule has 0 spiro atoms. The maximum Gasteiger partial charge on any atom is 0.259 e. The fourth-order valence-electron chi connectivity index (χ4n) is 1.77. The Hall–Kier alpha value is -1.58. The number of aromatic amines is 1. The second kappa shape index (κ2) is 7.69. The van der Waals surface area contributed by atoms with Gasteiger partial charge in [-0.1, -0.05) is 26.7 Å². The van der Waals surface area contributed by atoms with Crippen molar-refractivity contribution in [3.05, 3.63) is 34.2 Å². The van der Waals surface area contributed by atoms with E-state index in [1.54, 1.807) is 11.1 Å². The van der Waals surface area contributed by atoms with Gasteiger partial charge in [0.05, 0.1) is 0 Å². The summed E-state index contributed by atoms with van der Waals surface area (Å²) in [6, 6.07) is 1.39. The quantitative estimate of drug-likeness (QED) is 0.808. The van der Waals surface area contributed by atoms with Crippen molar-refractivity contribution in [3.63, 3.8) is 0 Å². The summed E-state index contributed by atoms with van der Waals surface area (Å²) in [6.45, 7) is 5.64. The summed E-state index contributed by atoms with van der Waals surface area (Å²) in [7, 11) is 0. The van der Waals surface area contributed by atoms with Gasteiger partial charge in [0.2, 0.25) is 0 Å². The first-order chi connectivity index (χ1) is 8.70. The molecule has 0 atom stereocenters. The predicted octanol–water partition coefficient (Wildman–Crippen LogP) is 2.42. The van der Waals surface area contributed by atoms with Gasteiger partial charge in [0, 0.05) is 31.5 Å². The van der Waals surface area contributed by atoms with Crippen molar-refractivity contribution in [1.82, 2.24) is 9.88 Å². The lowest BCUT2D eigenvalue weighted by Crippen LogP contribution is -2.35. The number of H-pyrrole nitrogens is 1. The molecule has 100 valence electrons. The van der Waals surface area contributed by atoms with Crippen molar-refractivity contribution in [2.24, 2.45) is 0 Å². The molecule has 0 aromatic carbocycles. The van der Waals surface area contributed by atoms with Crippen LogP contribution >= 0.6 is 0 Å². The van der Waals surface area contributed by atoms with E-state index in [0.717, 1.165) is 38.8 Å². The molecule has 0 saturated carbocycles. The van der Waals surface area contributed by atoms with Crippen molar-refractivity contribution in [2.75, 3.05) is 13.1 Å². The third kappa shape index (κ3) is 4.02. The van der Waals surface area contributed by atoms with E-state index in [9.17, 15) is 9.59 Å². The number of nitrogens with zero attached hydrogens (tertiary/aromatic N) is 1. The number of carbonyl (C=O) groups excluding carboxylic acids is 1. The largest absolute Gasteiger partial charge is 0.367 e. The number of aromatic nitrogens is 1. The average Bonchev–Trinajstić information content (AvgIpc) is 2.39. The Balaban J connectivity index is 2.81. The molecule has 1 aromatic rings. The second-order valence-corrected chi connectivity index (χ2v) is 4.42. The van der Waals surface area contributed by atoms with Gasteiger partial charge in [0.1, 0.15) is 5.56 Å². The molecule has 4 heteroatoms. The second-order valence-electron chi connectivity index (χ2n) is 4.42. The van der Waals surface area contributed by atoms with Crippen molar-refractivity contribution < 1.29 is 4.79 Å². The Morgan fingerprint density at radius 2 is 1.83 bits per heavy atom. The zero-order chi connectivity index (χ0) is 13.4. The highest BCUT2D eigenvalue weighted by Gasteiger charge is 2.17. The van der Waals surface area contributed by atoms with Gasteiger partial charge in [-0.15, -0.1) is 0 Å². The molecule has 0 unspecified atom stereocenters. The van der Waals surface area contributed by atoms with Gasteiger partial charge >= 0.3 is 0 Å². The van der Waals surface area contributed by atoms with Gasteiger partial charge in [-0.2, -0.15) is 0 Å². The van der Waals surface area contributed by atoms with Gasteiger partial charge in [0.15, 0.2) is 5.43 Å². The summed E-state index contributed by atoms with van der Waals surface area (Å²) in [4.78, 5) is 28.5. The molecule has 0 fully saturated rings. The van der Waals surface area contributed by atoms with Crippen LogP contribution in [0.5, 0.6) is 0 Å². The van der Waals surface area contributed by atoms with Crippen molar-refractivity contribution in [1.29, 1.82) is 0 Å². The van der Waals surface area contributed by atoms with Gasteiger partial charge < -0.3 is 9.88 Å². The molecular weight excluding hydrogens is 228 g/mol. The van der Waals surface area contributed by atoms with E-state index in [1.165, 1.54) is 12.3 Å². The van der Waals surface area contributed by atoms with E-state index in [-0.39, 0.29) is 16.9 Å². The third-order valence-electron chi connectivity index (χ3n) is 2.90. The summed E-state index contributed by atoms with van der Waals surface area (Å²) in [5, 5.41) is 0. The third-order valence-corrected chi connectivity index (χ3v) is 2.90. The molecule has 1 amide bonds. The molecule has 0 saturated heterocycles. The van der Waals surface area contributed by atoms with Crippen LogP contribution in [0.2, 0.25) is 0 Å². The molecule has 0 aliphatic heterocycles. The van der Waals surface area contributed by atoms with Crippen molar-refractivity contribution in [3.8, 4) is 0 Å². The van der Waals surface area contributed by atoms with Crippen LogP contribution in [-0.2, 0) is 0 Å². The Labute approximate surface area is 108 Å². The maximum atomic E-state index is 12.3. The summed E-state index contributed by atoms with van der Waals surface area (Å²) in [5.41, 5.74) is 0.0291. The van der Waals surface area contributed by atoms with E-state index in [4.69, 9.17) is 0 Å². The van der Waals surface area contributed by atoms with Crippen molar-refractivity contribution in [2.45, 2.75) is 39.5 Å². The zero-order valence-corrected chi connectivity index (χ0v) is 11.2. The van der Waals surface area contributed by atoms with Crippen LogP contribution in [-0.4, -0.2) is 28.9 Å². The topological polar surface area (TPSA) is 53.2 Å². The molecule has 0 bridgehead atoms. The highest BCUT2D eigenvalue weighted by Crippen LogP contribution is 2.04. The lowest BCUT2D eigenvalue weighted by molar-refractivity contribution is 0.0749. The molecule has 0 radical (unpaired) electrons. The zero-order valence-electron chi connectivity index (χ0n) is 11.2. The highest BCUT2D eigenvalue weighted by molar-refractivity contribution is 5.93. The number of rotatable bonds is 7. The highest BCUT2D eigenvalue weighted by atomic mass is 16.2. The van der Waals surface area contributed by atoms with Crippen LogP contribution < -0.4 is 5.43 Å². The number of carbonyl (C=O) groups is 1. The summed E-state index contributed by atoms with van der Waals surface area (Å²) in [5.74, 6) is -0.154. The molecule has 18 heavy (non-hydrogen) atoms. The Morgan fingerprint density at radius 3 is 2.33 bits per heavy atom. The Kier molecular flexibility index (Phi) is 6.19. The number of nitrogens with one attached hydrogen (secondary N) is 1. The van der Waals surface area contributed by atoms with E-state index in [1.807, 2.05) is 0 Å². The summed E-state index contributed by atoms with van der Waals surface area (Å²) < 4.78 is 0. The SMILES string of the molecule is CCCCN(CCCC)C(=O)c1c[nH]ccc1=O. The number of unbranched alkanes of at least 4 members (excludes halogenated alkanes) is 2. The first-order valence-corrected chi connectivity index (χ1v) is 6.67. The van der Waals surface area contributed by atoms with E-state index in [0.29, 0.717) is 0 Å². The molecule has 0 aliphatic carbocycles. The number of hydrogen-bond donors (Lipinski definition) is 1. The molecule has 0 aliphatic rings. The fourth-order valence-corrected chi connectivity index (χ4v) is 1.77. The molecule has 1 N–H and O–H groups in total. The monoisotopic (exact) mass is 250 g/mol. The molecule has 1 aromatic heterocycles. The van der Waals surface area contributed by atoms with Gasteiger partial charge in [-0.3, -0.25) is 9.59 Å². The maximum absolute atomic E-state index is 12.3. The van der Waals surface area contributed by atoms with Crippen LogP contribution in [0, 0.1) is 0 Å². The van der Waals surface area contributed by atoms with Crippen LogP contribution in [0.25, 0.3) is 0 Å². The van der Waals surface area contributed by atoms with Gasteiger partial charge in [-0.25, -0.2) is 0 Å². The van der Waals surface area contributed by atoms with Gasteiger partial charge in [-0.05, 0) is 12.8 Å². The summed E-state index contributed by atoms with van der Waals surface area (Å²) in [6.07, 6.45) is 7.07. The standard InChI is InChI=1S/C14H22N2O2/c1-3-5-9-16(10-6-4-2)14(18)12-11-15-8-7-13(12)17/h7-8,11H,3-6,9-10H2,1-2H3,(H,15,17). The van der Waals surface area contributed by atoms with Gasteiger partial charge in [0.25, 0.3) is 5.91 Å². The minimum atomic E-state index is -0.211. The minimum absolute atomic E-state index is 0.154. The lowest BCUT2D eigenvalue weighted by atomic mass is 10.2. The number of amides is 1. The first-order valence-electron chi connectivity index (χ1n) is 6.67. The van der Waals surface area contributed by atoms with E-state index < -0.39 is 0 Å². The lowest BCUT2D eigenvalue weighted by Gasteiger charge is -2.22. The molecule has 1 heterocycles. The summed E-state index contributed by atoms with van der Waals surface area (Å²) >= 11 is 0. The smallest absolute Gasteiger partial charge is 0.259 e. The number of hydrogen-bond acceptors (Lipinski definition) is 2. The van der Waals surface area contributed by atoms with Crippen LogP contribution in [0.1, 0.15) is 49.9 Å². The first kappa shape index (κ1) is 14.5. The van der Waals surface area contributed by atoms with Crippen molar-refractivity contribution >= 4 is 5.91 Å². The number of pyridine rings is 1. The average molecular weight is 250 g/mol. The molecular formula is C14H22N2O2. The minimum Gasteiger partial charge on any atom is -0.367 e. The Bertz CT molecular complexity index is 418. The molecule has 1 rings (SSSR count). The molecule has 4 nitrogen and oxygen atoms in total. The van der Waals surface area contributed by atoms with E-state index in [2.05, 4.69) is 18.8 Å². The fraction of sp³-hybridized carbons (Fsp3) is 0.571.